The molecule has 6 N–H and O–H groups in total. The number of imidazole rings is 3. The van der Waals surface area contributed by atoms with Gasteiger partial charge in [-0.25, -0.2) is 15.0 Å². The molecule has 3 aromatic rings. The number of H-pyrrole nitrogens is 3. The van der Waals surface area contributed by atoms with Crippen LogP contribution < -0.4 is 0 Å². The molecular weight excluding hydrogens is 271 g/mol. The van der Waals surface area contributed by atoms with Gasteiger partial charge in [0.2, 0.25) is 0 Å². The third kappa shape index (κ3) is 18.5. The van der Waals surface area contributed by atoms with Crippen molar-refractivity contribution in [3.8, 4) is 0 Å². The fourth-order valence-electron chi connectivity index (χ4n) is 0.645. The normalized spacial score (nSPS) is 8.21. The summed E-state index contributed by atoms with van der Waals surface area (Å²) >= 11 is 0. The van der Waals surface area contributed by atoms with Crippen molar-refractivity contribution in [2.45, 2.75) is 0 Å². The van der Waals surface area contributed by atoms with Crippen molar-refractivity contribution in [1.82, 2.24) is 29.9 Å². The highest BCUT2D eigenvalue weighted by atomic mass is 31.2. The number of nitrogens with one attached hydrogen (secondary N) is 3. The standard InChI is InChI=1S/3C3H4N2.H3O3P/c3*1-2-5-3-4-1;1-4(2)3/h3*1-3H,(H,4,5);1-3H. The molecule has 9 nitrogen and oxygen atoms in total. The molecule has 0 aromatic carbocycles. The van der Waals surface area contributed by atoms with Gasteiger partial charge in [-0.15, -0.1) is 0 Å². The molecule has 0 aliphatic rings. The van der Waals surface area contributed by atoms with Crippen LogP contribution in [0.3, 0.4) is 0 Å². The van der Waals surface area contributed by atoms with Crippen molar-refractivity contribution in [3.63, 3.8) is 0 Å². The fourth-order valence-corrected chi connectivity index (χ4v) is 0.645. The van der Waals surface area contributed by atoms with Crippen LogP contribution in [0.15, 0.2) is 56.2 Å². The van der Waals surface area contributed by atoms with Crippen molar-refractivity contribution in [3.05, 3.63) is 56.2 Å². The van der Waals surface area contributed by atoms with Gasteiger partial charge < -0.3 is 29.6 Å². The minimum atomic E-state index is -2.62. The van der Waals surface area contributed by atoms with Crippen molar-refractivity contribution in [2.24, 2.45) is 0 Å². The average Bonchev–Trinajstić information content (AvgIpc) is 3.18. The number of hydrogen-bond acceptors (Lipinski definition) is 6. The topological polar surface area (TPSA) is 147 Å². The van der Waals surface area contributed by atoms with Crippen LogP contribution in [0.4, 0.5) is 0 Å². The molecule has 3 rings (SSSR count). The number of rotatable bonds is 0. The minimum absolute atomic E-state index is 1.62. The third-order valence-electron chi connectivity index (χ3n) is 1.22. The van der Waals surface area contributed by atoms with E-state index in [-0.39, 0.29) is 0 Å². The Morgan fingerprint density at radius 3 is 0.947 bits per heavy atom. The lowest BCUT2D eigenvalue weighted by Crippen LogP contribution is -1.54. The molecule has 0 saturated carbocycles. The summed E-state index contributed by atoms with van der Waals surface area (Å²) in [4.78, 5) is 40.9. The Morgan fingerprint density at radius 1 is 0.632 bits per heavy atom. The van der Waals surface area contributed by atoms with Gasteiger partial charge in [0, 0.05) is 37.2 Å². The van der Waals surface area contributed by atoms with E-state index < -0.39 is 8.60 Å². The zero-order valence-electron chi connectivity index (χ0n) is 9.83. The molecule has 0 saturated heterocycles. The lowest BCUT2D eigenvalue weighted by Gasteiger charge is -1.76. The molecule has 0 spiro atoms. The summed E-state index contributed by atoms with van der Waals surface area (Å²) in [5.74, 6) is 0. The van der Waals surface area contributed by atoms with Crippen LogP contribution in [0.25, 0.3) is 0 Å². The second kappa shape index (κ2) is 14.0. The van der Waals surface area contributed by atoms with Gasteiger partial charge in [-0.05, 0) is 0 Å². The molecule has 0 aliphatic heterocycles. The molecule has 0 atom stereocenters. The summed E-state index contributed by atoms with van der Waals surface area (Å²) in [6, 6.07) is 0. The van der Waals surface area contributed by atoms with E-state index in [1.54, 1.807) is 56.2 Å². The zero-order chi connectivity index (χ0) is 14.2. The van der Waals surface area contributed by atoms with E-state index in [1.807, 2.05) is 0 Å². The first-order valence-electron chi connectivity index (χ1n) is 4.88. The lowest BCUT2D eigenvalue weighted by molar-refractivity contribution is 0.368. The van der Waals surface area contributed by atoms with E-state index in [9.17, 15) is 0 Å². The van der Waals surface area contributed by atoms with Crippen molar-refractivity contribution < 1.29 is 14.7 Å². The summed E-state index contributed by atoms with van der Waals surface area (Å²) in [5.41, 5.74) is 0. The van der Waals surface area contributed by atoms with Crippen LogP contribution in [0.1, 0.15) is 0 Å². The molecule has 19 heavy (non-hydrogen) atoms. The van der Waals surface area contributed by atoms with E-state index in [2.05, 4.69) is 29.9 Å². The van der Waals surface area contributed by atoms with Crippen LogP contribution >= 0.6 is 8.60 Å². The lowest BCUT2D eigenvalue weighted by atomic mass is 11.0. The first kappa shape index (κ1) is 16.9. The maximum Gasteiger partial charge on any atom is 0.324 e. The van der Waals surface area contributed by atoms with Crippen molar-refractivity contribution in [1.29, 1.82) is 0 Å². The molecular formula is C9H15N6O3P. The molecule has 104 valence electrons. The maximum absolute atomic E-state index is 7.23. The molecule has 0 fully saturated rings. The molecule has 0 unspecified atom stereocenters. The number of aromatic amines is 3. The summed E-state index contributed by atoms with van der Waals surface area (Å²) < 4.78 is 0. The Balaban J connectivity index is 0.000000229. The van der Waals surface area contributed by atoms with Gasteiger partial charge in [-0.3, -0.25) is 0 Å². The largest absolute Gasteiger partial charge is 0.351 e. The second-order valence-electron chi connectivity index (χ2n) is 2.55. The fraction of sp³-hybridized carbons (Fsp3) is 0. The number of hydrogen-bond donors (Lipinski definition) is 6. The highest BCUT2D eigenvalue weighted by molar-refractivity contribution is 7.38. The Labute approximate surface area is 110 Å². The summed E-state index contributed by atoms with van der Waals surface area (Å²) in [6.45, 7) is 0. The predicted molar refractivity (Wildman–Crippen MR) is 69.3 cm³/mol. The Hall–Kier alpha value is -2.06. The SMILES string of the molecule is OP(O)O.c1c[nH]cn1.c1c[nH]cn1.c1c[nH]cn1. The quantitative estimate of drug-likeness (QED) is 0.330. The van der Waals surface area contributed by atoms with Crippen LogP contribution in [0, 0.1) is 0 Å². The van der Waals surface area contributed by atoms with Gasteiger partial charge in [-0.2, -0.15) is 0 Å². The van der Waals surface area contributed by atoms with Gasteiger partial charge in [0.15, 0.2) is 0 Å². The molecule has 0 amide bonds. The predicted octanol–water partition coefficient (Wildman–Crippen LogP) is 0.419. The molecule has 0 radical (unpaired) electrons. The van der Waals surface area contributed by atoms with Crippen LogP contribution in [0.2, 0.25) is 0 Å². The number of aromatic nitrogens is 6. The monoisotopic (exact) mass is 286 g/mol. The highest BCUT2D eigenvalue weighted by Crippen LogP contribution is 2.11. The molecule has 10 heteroatoms. The van der Waals surface area contributed by atoms with Crippen molar-refractivity contribution >= 4 is 8.60 Å². The van der Waals surface area contributed by atoms with E-state index in [1.165, 1.54) is 0 Å². The Bertz CT molecular complexity index is 300. The van der Waals surface area contributed by atoms with E-state index in [0.717, 1.165) is 0 Å². The Morgan fingerprint density at radius 2 is 0.895 bits per heavy atom. The summed E-state index contributed by atoms with van der Waals surface area (Å²) in [6.07, 6.45) is 15.2. The molecule has 3 heterocycles. The number of nitrogens with zero attached hydrogens (tertiary/aromatic N) is 3. The minimum Gasteiger partial charge on any atom is -0.351 e. The molecule has 0 aliphatic carbocycles. The maximum atomic E-state index is 7.23. The van der Waals surface area contributed by atoms with E-state index in [4.69, 9.17) is 14.7 Å². The van der Waals surface area contributed by atoms with Gasteiger partial charge in [0.25, 0.3) is 0 Å². The smallest absolute Gasteiger partial charge is 0.324 e. The molecule has 3 aromatic heterocycles. The molecule has 0 bridgehead atoms. The van der Waals surface area contributed by atoms with Crippen molar-refractivity contribution in [2.75, 3.05) is 0 Å². The Kier molecular flexibility index (Phi) is 12.5. The zero-order valence-corrected chi connectivity index (χ0v) is 10.7. The van der Waals surface area contributed by atoms with E-state index >= 15 is 0 Å². The first-order chi connectivity index (χ1) is 9.23. The van der Waals surface area contributed by atoms with Gasteiger partial charge in [0.1, 0.15) is 0 Å². The van der Waals surface area contributed by atoms with Crippen LogP contribution in [-0.4, -0.2) is 44.6 Å². The van der Waals surface area contributed by atoms with Gasteiger partial charge in [-0.1, -0.05) is 0 Å². The average molecular weight is 286 g/mol. The summed E-state index contributed by atoms with van der Waals surface area (Å²) in [5, 5.41) is 0. The third-order valence-corrected chi connectivity index (χ3v) is 1.22. The second-order valence-corrected chi connectivity index (χ2v) is 3.09. The van der Waals surface area contributed by atoms with E-state index in [0.29, 0.717) is 0 Å². The van der Waals surface area contributed by atoms with Crippen LogP contribution in [0.5, 0.6) is 0 Å². The first-order valence-corrected chi connectivity index (χ1v) is 6.08. The van der Waals surface area contributed by atoms with Crippen LogP contribution in [-0.2, 0) is 0 Å². The summed E-state index contributed by atoms with van der Waals surface area (Å²) in [7, 11) is -2.62. The van der Waals surface area contributed by atoms with Gasteiger partial charge in [0.05, 0.1) is 19.0 Å². The van der Waals surface area contributed by atoms with Gasteiger partial charge >= 0.3 is 8.60 Å². The highest BCUT2D eigenvalue weighted by Gasteiger charge is 1.76.